The van der Waals surface area contributed by atoms with Crippen molar-refractivity contribution in [2.24, 2.45) is 9.98 Å². The molecule has 2 heterocycles. The van der Waals surface area contributed by atoms with Crippen LogP contribution in [0.3, 0.4) is 0 Å². The minimum atomic E-state index is -4.46. The van der Waals surface area contributed by atoms with Gasteiger partial charge in [-0.15, -0.1) is 22.7 Å². The van der Waals surface area contributed by atoms with E-state index in [0.717, 1.165) is 65.7 Å². The molecule has 20 nitrogen and oxygen atoms in total. The fourth-order valence-corrected chi connectivity index (χ4v) is 13.0. The maximum Gasteiger partial charge on any atom is 0.296 e. The molecule has 4 aliphatic rings. The molecule has 0 amide bonds. The number of nitrogens with zero attached hydrogens (tertiary/aromatic N) is 6. The van der Waals surface area contributed by atoms with Gasteiger partial charge in [-0.05, 0) is 154 Å². The summed E-state index contributed by atoms with van der Waals surface area (Å²) in [6.45, 7) is 7.60. The molecule has 8 rings (SSSR count). The molecule has 4 unspecified atom stereocenters. The highest BCUT2D eigenvalue weighted by molar-refractivity contribution is 7.86. The number of rotatable bonds is 37. The summed E-state index contributed by atoms with van der Waals surface area (Å²) < 4.78 is 92.7. The first-order valence-electron chi connectivity index (χ1n) is 29.7. The summed E-state index contributed by atoms with van der Waals surface area (Å²) in [5, 5.41) is 43.4. The molecule has 2 aliphatic heterocycles. The van der Waals surface area contributed by atoms with Crippen LogP contribution in [-0.2, 0) is 52.0 Å². The van der Waals surface area contributed by atoms with Crippen LogP contribution in [0.25, 0.3) is 41.6 Å². The van der Waals surface area contributed by atoms with Gasteiger partial charge in [0, 0.05) is 46.4 Å². The Morgan fingerprint density at radius 2 is 1.14 bits per heavy atom. The van der Waals surface area contributed by atoms with E-state index in [1.54, 1.807) is 48.0 Å². The van der Waals surface area contributed by atoms with Crippen LogP contribution in [0.2, 0.25) is 0 Å². The van der Waals surface area contributed by atoms with Crippen LogP contribution in [0.5, 0.6) is 0 Å². The molecule has 88 heavy (non-hydrogen) atoms. The SMILES string of the molecule is CCC(O)CCCC(O)COCCN(CCOCC(O)CCCC(O)COCCN(CCOC)CCc1ccc2sc3cc(=Nc4ccccc4S(=O)(=O)O)ccc-3nc2c1)CCc1cc2nc3ccccc3sc-2cc1=Nc1cccc(S(=O)(=O)O)c1. The smallest absolute Gasteiger partial charge is 0.296 e. The largest absolute Gasteiger partial charge is 0.393 e. The van der Waals surface area contributed by atoms with Gasteiger partial charge in [0.2, 0.25) is 0 Å². The summed E-state index contributed by atoms with van der Waals surface area (Å²) in [6, 6.07) is 35.4. The van der Waals surface area contributed by atoms with Crippen LogP contribution in [-0.4, -0.2) is 183 Å². The fourth-order valence-electron chi connectivity index (χ4n) is 9.93. The number of aliphatic hydroxyl groups is 4. The van der Waals surface area contributed by atoms with Crippen molar-refractivity contribution < 1.29 is 65.3 Å². The van der Waals surface area contributed by atoms with Crippen molar-refractivity contribution in [3.8, 4) is 21.1 Å². The van der Waals surface area contributed by atoms with Crippen molar-refractivity contribution in [1.29, 1.82) is 0 Å². The van der Waals surface area contributed by atoms with Crippen molar-refractivity contribution in [2.75, 3.05) is 92.6 Å². The van der Waals surface area contributed by atoms with Gasteiger partial charge in [-0.2, -0.15) is 16.8 Å². The van der Waals surface area contributed by atoms with Gasteiger partial charge in [-0.25, -0.2) is 20.0 Å². The third kappa shape index (κ3) is 21.5. The lowest BCUT2D eigenvalue weighted by atomic mass is 10.1. The Morgan fingerprint density at radius 1 is 0.545 bits per heavy atom. The molecule has 2 aliphatic carbocycles. The van der Waals surface area contributed by atoms with Gasteiger partial charge in [0.1, 0.15) is 4.90 Å². The third-order valence-electron chi connectivity index (χ3n) is 14.9. The highest BCUT2D eigenvalue weighted by atomic mass is 32.2. The fraction of sp³-hybridized carbons (Fsp3) is 0.438. The van der Waals surface area contributed by atoms with Crippen molar-refractivity contribution in [3.05, 3.63) is 143 Å². The minimum absolute atomic E-state index is 0.108. The van der Waals surface area contributed by atoms with Gasteiger partial charge in [0.15, 0.2) is 0 Å². The Morgan fingerprint density at radius 3 is 1.78 bits per heavy atom. The summed E-state index contributed by atoms with van der Waals surface area (Å²) in [5.74, 6) is 0. The normalized spacial score (nSPS) is 14.3. The van der Waals surface area contributed by atoms with Crippen molar-refractivity contribution >= 4 is 74.7 Å². The first-order valence-corrected chi connectivity index (χ1v) is 34.2. The van der Waals surface area contributed by atoms with Gasteiger partial charge in [-0.3, -0.25) is 18.9 Å². The number of fused-ring (bicyclic) bond motifs is 4. The second kappa shape index (κ2) is 34.0. The first-order chi connectivity index (χ1) is 42.4. The molecule has 6 N–H and O–H groups in total. The summed E-state index contributed by atoms with van der Waals surface area (Å²) in [4.78, 5) is 24.9. The van der Waals surface area contributed by atoms with E-state index in [1.165, 1.54) is 36.4 Å². The lowest BCUT2D eigenvalue weighted by Gasteiger charge is -2.23. The van der Waals surface area contributed by atoms with E-state index in [2.05, 4.69) is 33.0 Å². The average molecular weight is 1290 g/mol. The molecular formula is C64H80N6O14S4. The van der Waals surface area contributed by atoms with E-state index in [9.17, 15) is 46.4 Å². The number of methoxy groups -OCH3 is 1. The molecule has 0 fully saturated rings. The Hall–Kier alpha value is -5.62. The van der Waals surface area contributed by atoms with Gasteiger partial charge in [0.25, 0.3) is 20.2 Å². The first kappa shape index (κ1) is 68.3. The number of benzene rings is 6. The average Bonchev–Trinajstić information content (AvgIpc) is 1.48. The molecule has 0 saturated heterocycles. The van der Waals surface area contributed by atoms with Crippen molar-refractivity contribution in [1.82, 2.24) is 19.8 Å². The highest BCUT2D eigenvalue weighted by Gasteiger charge is 2.19. The number of hydrogen-bond donors (Lipinski definition) is 6. The third-order valence-corrected chi connectivity index (χ3v) is 18.9. The van der Waals surface area contributed by atoms with Gasteiger partial charge in [-0.1, -0.05) is 43.3 Å². The second-order valence-corrected chi connectivity index (χ2v) is 26.7. The molecule has 0 spiro atoms. The number of aromatic nitrogens is 2. The summed E-state index contributed by atoms with van der Waals surface area (Å²) >= 11 is 3.14. The summed E-state index contributed by atoms with van der Waals surface area (Å²) in [6.07, 6.45) is 2.74. The van der Waals surface area contributed by atoms with Gasteiger partial charge in [0.05, 0.1) is 139 Å². The van der Waals surface area contributed by atoms with Crippen molar-refractivity contribution in [3.63, 3.8) is 0 Å². The molecule has 474 valence electrons. The van der Waals surface area contributed by atoms with Crippen LogP contribution in [0.1, 0.15) is 63.0 Å². The van der Waals surface area contributed by atoms with E-state index in [4.69, 9.17) is 33.9 Å². The molecule has 0 bridgehead atoms. The second-order valence-electron chi connectivity index (χ2n) is 21.7. The molecule has 0 radical (unpaired) electrons. The highest BCUT2D eigenvalue weighted by Crippen LogP contribution is 2.32. The van der Waals surface area contributed by atoms with Gasteiger partial charge < -0.3 is 39.4 Å². The molecule has 4 atom stereocenters. The minimum Gasteiger partial charge on any atom is -0.393 e. The monoisotopic (exact) mass is 1280 g/mol. The van der Waals surface area contributed by atoms with Gasteiger partial charge >= 0.3 is 0 Å². The number of ether oxygens (including phenoxy) is 4. The van der Waals surface area contributed by atoms with E-state index in [-0.39, 0.29) is 41.4 Å². The topological polar surface area (TPSA) is 284 Å². The maximum absolute atomic E-state index is 12.0. The Balaban J connectivity index is 0.793. The Kier molecular flexibility index (Phi) is 26.4. The molecule has 4 aromatic rings. The molecule has 0 saturated carbocycles. The maximum atomic E-state index is 12.0. The van der Waals surface area contributed by atoms with Crippen LogP contribution >= 0.6 is 22.7 Å². The lowest BCUT2D eigenvalue weighted by Crippen LogP contribution is -2.34. The standard InChI is InChI=1S/C64H80N6O14S4/c1-3-49(71)12-9-13-50(72)42-83-35-31-70(28-26-46-38-59-63(85-60-19-6-4-17-54(60)67-59)41-57(46)66-47-11-8-16-53(39-47)87(75,76)77)32-36-84-44-52(74)15-10-14-51(73)43-82-34-30-69(29-33-81-2)27-25-45-21-24-61-58(37-45)68-55-23-22-48(40-62(55)86-61)65-56-18-5-7-20-64(56)88(78,79)80/h4-8,11,16-24,37-41,49-52,71-74H,3,9-10,12-15,25-36,42-44H2,1-2H3,(H,75,76,77)(H,78,79,80). The van der Waals surface area contributed by atoms with E-state index >= 15 is 0 Å². The van der Waals surface area contributed by atoms with E-state index in [1.807, 2.05) is 55.5 Å². The van der Waals surface area contributed by atoms with E-state index in [0.29, 0.717) is 127 Å². The van der Waals surface area contributed by atoms with Crippen LogP contribution in [0, 0.1) is 0 Å². The van der Waals surface area contributed by atoms with Crippen LogP contribution in [0.4, 0.5) is 11.4 Å². The van der Waals surface area contributed by atoms with Crippen LogP contribution in [0.15, 0.2) is 141 Å². The number of aliphatic hydroxyl groups excluding tert-OH is 4. The molecular weight excluding hydrogens is 1200 g/mol. The summed E-state index contributed by atoms with van der Waals surface area (Å²) in [7, 11) is -7.23. The number of para-hydroxylation sites is 2. The zero-order chi connectivity index (χ0) is 62.5. The lowest BCUT2D eigenvalue weighted by molar-refractivity contribution is 0.00322. The Labute approximate surface area is 522 Å². The molecule has 0 aromatic heterocycles. The summed E-state index contributed by atoms with van der Waals surface area (Å²) in [5.41, 5.74) is 5.78. The predicted molar refractivity (Wildman–Crippen MR) is 342 cm³/mol. The van der Waals surface area contributed by atoms with Crippen LogP contribution < -0.4 is 10.7 Å². The molecule has 24 heteroatoms. The quantitative estimate of drug-likeness (QED) is 0.0121. The van der Waals surface area contributed by atoms with E-state index < -0.39 is 38.5 Å². The number of hydrogen-bond acceptors (Lipinski definition) is 20. The molecule has 4 aromatic carbocycles. The zero-order valence-electron chi connectivity index (χ0n) is 49.7. The van der Waals surface area contributed by atoms with Crippen molar-refractivity contribution in [2.45, 2.75) is 98.9 Å². The Bertz CT molecular complexity index is 3810. The zero-order valence-corrected chi connectivity index (χ0v) is 52.9. The predicted octanol–water partition coefficient (Wildman–Crippen LogP) is 8.35.